The number of ether oxygens (including phenoxy) is 1. The van der Waals surface area contributed by atoms with Gasteiger partial charge in [-0.15, -0.1) is 11.3 Å². The number of rotatable bonds is 6. The summed E-state index contributed by atoms with van der Waals surface area (Å²) >= 11 is 7.53. The number of halogens is 1. The van der Waals surface area contributed by atoms with Gasteiger partial charge in [-0.2, -0.15) is 0 Å². The van der Waals surface area contributed by atoms with Crippen molar-refractivity contribution >= 4 is 49.7 Å². The van der Waals surface area contributed by atoms with Crippen molar-refractivity contribution in [2.24, 2.45) is 5.92 Å². The van der Waals surface area contributed by atoms with E-state index in [1.807, 2.05) is 19.1 Å². The molecule has 4 rings (SSSR count). The van der Waals surface area contributed by atoms with E-state index in [1.54, 1.807) is 22.4 Å². The summed E-state index contributed by atoms with van der Waals surface area (Å²) in [6, 6.07) is 6.17. The van der Waals surface area contributed by atoms with Gasteiger partial charge in [-0.3, -0.25) is 9.52 Å². The van der Waals surface area contributed by atoms with Crippen LogP contribution in [0.2, 0.25) is 0 Å². The van der Waals surface area contributed by atoms with Crippen molar-refractivity contribution < 1.29 is 17.9 Å². The molecule has 2 atom stereocenters. The molecular formula is C20H20ClN3O4S2. The number of aromatic nitrogens is 1. The van der Waals surface area contributed by atoms with E-state index in [0.717, 1.165) is 6.42 Å². The third kappa shape index (κ3) is 4.23. The van der Waals surface area contributed by atoms with Crippen molar-refractivity contribution in [1.82, 2.24) is 4.98 Å². The molecule has 158 valence electrons. The minimum absolute atomic E-state index is 0.0964. The van der Waals surface area contributed by atoms with Crippen LogP contribution in [0.15, 0.2) is 63.7 Å². The van der Waals surface area contributed by atoms with Crippen molar-refractivity contribution in [2.75, 3.05) is 16.2 Å². The summed E-state index contributed by atoms with van der Waals surface area (Å²) in [4.78, 5) is 18.5. The molecule has 2 heterocycles. The second-order valence-corrected chi connectivity index (χ2v) is 10.1. The van der Waals surface area contributed by atoms with Crippen molar-refractivity contribution in [3.8, 4) is 0 Å². The largest absolute Gasteiger partial charge is 0.479 e. The molecule has 1 aromatic carbocycles. The normalized spacial score (nSPS) is 21.9. The van der Waals surface area contributed by atoms with Crippen LogP contribution in [0.5, 0.6) is 0 Å². The Morgan fingerprint density at radius 2 is 2.07 bits per heavy atom. The lowest BCUT2D eigenvalue weighted by Crippen LogP contribution is -2.30. The molecule has 10 heteroatoms. The number of thiazole rings is 1. The smallest absolute Gasteiger partial charge is 0.268 e. The lowest BCUT2D eigenvalue weighted by atomic mass is 10.0. The van der Waals surface area contributed by atoms with Crippen LogP contribution in [-0.2, 0) is 19.6 Å². The Labute approximate surface area is 184 Å². The number of sulfonamides is 1. The zero-order chi connectivity index (χ0) is 21.3. The van der Waals surface area contributed by atoms with E-state index in [1.165, 1.54) is 29.7 Å². The van der Waals surface area contributed by atoms with Gasteiger partial charge in [-0.1, -0.05) is 24.6 Å². The van der Waals surface area contributed by atoms with Crippen molar-refractivity contribution in [3.05, 3.63) is 58.8 Å². The highest BCUT2D eigenvalue weighted by Crippen LogP contribution is 2.32. The van der Waals surface area contributed by atoms with Gasteiger partial charge in [0.15, 0.2) is 11.2 Å². The second kappa shape index (κ2) is 8.41. The van der Waals surface area contributed by atoms with Gasteiger partial charge < -0.3 is 9.64 Å². The first-order valence-corrected chi connectivity index (χ1v) is 12.2. The number of hydrogen-bond donors (Lipinski definition) is 1. The Balaban J connectivity index is 1.45. The third-order valence-corrected chi connectivity index (χ3v) is 7.70. The second-order valence-electron chi connectivity index (χ2n) is 7.07. The maximum atomic E-state index is 12.8. The molecule has 0 radical (unpaired) electrons. The minimum atomic E-state index is -3.74. The van der Waals surface area contributed by atoms with Crippen LogP contribution in [0.1, 0.15) is 19.8 Å². The molecule has 2 aliphatic rings. The molecule has 1 aliphatic heterocycles. The number of nitrogens with one attached hydrogen (secondary N) is 1. The van der Waals surface area contributed by atoms with Crippen LogP contribution in [-0.4, -0.2) is 32.0 Å². The quantitative estimate of drug-likeness (QED) is 0.693. The fourth-order valence-corrected chi connectivity index (χ4v) is 5.31. The van der Waals surface area contributed by atoms with Crippen molar-refractivity contribution in [3.63, 3.8) is 0 Å². The highest BCUT2D eigenvalue weighted by molar-refractivity contribution is 7.93. The van der Waals surface area contributed by atoms with Crippen LogP contribution in [0, 0.1) is 5.92 Å². The van der Waals surface area contributed by atoms with Crippen LogP contribution in [0.25, 0.3) is 0 Å². The van der Waals surface area contributed by atoms with Gasteiger partial charge in [0.1, 0.15) is 5.76 Å². The highest BCUT2D eigenvalue weighted by atomic mass is 35.5. The van der Waals surface area contributed by atoms with Gasteiger partial charge in [0.25, 0.3) is 15.9 Å². The van der Waals surface area contributed by atoms with E-state index in [0.29, 0.717) is 34.6 Å². The van der Waals surface area contributed by atoms with Gasteiger partial charge in [-0.25, -0.2) is 13.4 Å². The Kier molecular flexibility index (Phi) is 5.86. The number of benzene rings is 1. The third-order valence-electron chi connectivity index (χ3n) is 4.97. The summed E-state index contributed by atoms with van der Waals surface area (Å²) in [7, 11) is -3.74. The van der Waals surface area contributed by atoms with Gasteiger partial charge in [-0.05, 0) is 42.7 Å². The molecule has 1 aliphatic carbocycles. The maximum Gasteiger partial charge on any atom is 0.268 e. The highest BCUT2D eigenvalue weighted by Gasteiger charge is 2.35. The SMILES string of the molecule is CC1CC=CC(OC2CCN(c3ccc(S(=O)(=O)Nc4nccs4)cc3)C2=O)=C1Cl. The molecule has 1 N–H and O–H groups in total. The number of carbonyl (C=O) groups is 1. The minimum Gasteiger partial charge on any atom is -0.479 e. The maximum absolute atomic E-state index is 12.8. The zero-order valence-corrected chi connectivity index (χ0v) is 18.5. The average Bonchev–Trinajstić information content (AvgIpc) is 3.35. The topological polar surface area (TPSA) is 88.6 Å². The van der Waals surface area contributed by atoms with E-state index in [2.05, 4.69) is 9.71 Å². The Hall–Kier alpha value is -2.36. The van der Waals surface area contributed by atoms with Crippen LogP contribution < -0.4 is 9.62 Å². The monoisotopic (exact) mass is 465 g/mol. The predicted octanol–water partition coefficient (Wildman–Crippen LogP) is 4.11. The number of allylic oxidation sites excluding steroid dienone is 3. The van der Waals surface area contributed by atoms with Crippen LogP contribution >= 0.6 is 22.9 Å². The molecule has 2 unspecified atom stereocenters. The molecule has 0 bridgehead atoms. The number of hydrogen-bond acceptors (Lipinski definition) is 6. The Morgan fingerprint density at radius 3 is 2.77 bits per heavy atom. The van der Waals surface area contributed by atoms with E-state index in [9.17, 15) is 13.2 Å². The zero-order valence-electron chi connectivity index (χ0n) is 16.1. The van der Waals surface area contributed by atoms with E-state index >= 15 is 0 Å². The molecule has 7 nitrogen and oxygen atoms in total. The summed E-state index contributed by atoms with van der Waals surface area (Å²) < 4.78 is 33.2. The number of anilines is 2. The molecule has 0 spiro atoms. The average molecular weight is 466 g/mol. The first kappa shape index (κ1) is 20.9. The van der Waals surface area contributed by atoms with Gasteiger partial charge >= 0.3 is 0 Å². The molecular weight excluding hydrogens is 446 g/mol. The summed E-state index contributed by atoms with van der Waals surface area (Å²) in [5.41, 5.74) is 0.618. The lowest BCUT2D eigenvalue weighted by Gasteiger charge is -2.21. The van der Waals surface area contributed by atoms with Crippen LogP contribution in [0.4, 0.5) is 10.8 Å². The summed E-state index contributed by atoms with van der Waals surface area (Å²) in [5.74, 6) is 0.548. The van der Waals surface area contributed by atoms with E-state index < -0.39 is 16.1 Å². The predicted molar refractivity (Wildman–Crippen MR) is 117 cm³/mol. The van der Waals surface area contributed by atoms with Crippen molar-refractivity contribution in [1.29, 1.82) is 0 Å². The standard InChI is InChI=1S/C20H20ClN3O4S2/c1-13-3-2-4-16(18(13)21)28-17-9-11-24(19(17)25)14-5-7-15(8-6-14)30(26,27)23-20-22-10-12-29-20/h2,4-8,10,12-13,17H,3,9,11H2,1H3,(H,22,23). The van der Waals surface area contributed by atoms with Crippen molar-refractivity contribution in [2.45, 2.75) is 30.8 Å². The number of nitrogens with zero attached hydrogens (tertiary/aromatic N) is 2. The van der Waals surface area contributed by atoms with Gasteiger partial charge in [0.2, 0.25) is 0 Å². The van der Waals surface area contributed by atoms with E-state index in [4.69, 9.17) is 16.3 Å². The number of carbonyl (C=O) groups excluding carboxylic acids is 1. The van der Waals surface area contributed by atoms with E-state index in [-0.39, 0.29) is 16.7 Å². The first-order valence-electron chi connectivity index (χ1n) is 9.42. The molecule has 1 fully saturated rings. The summed E-state index contributed by atoms with van der Waals surface area (Å²) in [6.07, 6.45) is 6.09. The molecule has 2 aromatic rings. The first-order chi connectivity index (χ1) is 14.3. The summed E-state index contributed by atoms with van der Waals surface area (Å²) in [6.45, 7) is 2.49. The molecule has 1 amide bonds. The molecule has 1 saturated heterocycles. The Bertz CT molecular complexity index is 1100. The van der Waals surface area contributed by atoms with Gasteiger partial charge in [0, 0.05) is 30.2 Å². The van der Waals surface area contributed by atoms with Gasteiger partial charge in [0.05, 0.1) is 9.93 Å². The summed E-state index contributed by atoms with van der Waals surface area (Å²) in [5, 5.41) is 2.62. The fourth-order valence-electron chi connectivity index (χ4n) is 3.33. The molecule has 0 saturated carbocycles. The number of amides is 1. The lowest BCUT2D eigenvalue weighted by molar-refractivity contribution is -0.124. The molecule has 30 heavy (non-hydrogen) atoms. The fraction of sp³-hybridized carbons (Fsp3) is 0.300. The molecule has 1 aromatic heterocycles. The Morgan fingerprint density at radius 1 is 1.30 bits per heavy atom. The van der Waals surface area contributed by atoms with Crippen LogP contribution in [0.3, 0.4) is 0 Å².